The lowest BCUT2D eigenvalue weighted by atomic mass is 9.79. The molecule has 0 spiro atoms. The molecular weight excluding hydrogens is 452 g/mol. The molecule has 1 aromatic carbocycles. The highest BCUT2D eigenvalue weighted by atomic mass is 32.2. The summed E-state index contributed by atoms with van der Waals surface area (Å²) in [5.41, 5.74) is 2.57. The topological polar surface area (TPSA) is 98.4 Å². The van der Waals surface area contributed by atoms with Crippen LogP contribution in [0.25, 0.3) is 11.3 Å². The molecule has 1 atom stereocenters. The number of sulfone groups is 1. The minimum atomic E-state index is -3.22. The lowest BCUT2D eigenvalue weighted by molar-refractivity contribution is 0.0343. The molecule has 0 amide bonds. The van der Waals surface area contributed by atoms with Crippen molar-refractivity contribution in [1.29, 1.82) is 0 Å². The highest BCUT2D eigenvalue weighted by molar-refractivity contribution is 7.90. The van der Waals surface area contributed by atoms with E-state index >= 15 is 0 Å². The number of rotatable bonds is 6. The Hall–Kier alpha value is -2.94. The van der Waals surface area contributed by atoms with Crippen LogP contribution in [0.5, 0.6) is 5.75 Å². The summed E-state index contributed by atoms with van der Waals surface area (Å²) in [4.78, 5) is 11.6. The molecule has 1 saturated heterocycles. The number of piperidine rings is 1. The number of hydrogen-bond donors (Lipinski definition) is 0. The Balaban J connectivity index is 1.26. The van der Waals surface area contributed by atoms with Crippen molar-refractivity contribution < 1.29 is 17.7 Å². The van der Waals surface area contributed by atoms with Crippen LogP contribution in [-0.4, -0.2) is 48.5 Å². The van der Waals surface area contributed by atoms with Gasteiger partial charge in [0.15, 0.2) is 15.7 Å². The maximum atomic E-state index is 11.7. The summed E-state index contributed by atoms with van der Waals surface area (Å²) in [5.74, 6) is 2.02. The SMILES string of the molecule is CCCc1noc(N2CCC([C@]3(C)Cc4cc(-c5ccc(S(C)(=O)=O)cc5)ncc4O3)CC2)n1. The van der Waals surface area contributed by atoms with Gasteiger partial charge in [0, 0.05) is 49.2 Å². The summed E-state index contributed by atoms with van der Waals surface area (Å²) in [7, 11) is -3.22. The second kappa shape index (κ2) is 8.69. The first kappa shape index (κ1) is 22.8. The van der Waals surface area contributed by atoms with Gasteiger partial charge in [-0.15, -0.1) is 0 Å². The average Bonchev–Trinajstić information content (AvgIpc) is 3.43. The first-order chi connectivity index (χ1) is 16.2. The molecule has 9 heteroatoms. The van der Waals surface area contributed by atoms with Crippen molar-refractivity contribution in [1.82, 2.24) is 15.1 Å². The fourth-order valence-electron chi connectivity index (χ4n) is 5.02. The summed E-state index contributed by atoms with van der Waals surface area (Å²) in [6, 6.07) is 9.56. The summed E-state index contributed by atoms with van der Waals surface area (Å²) in [6.45, 7) is 6.03. The maximum absolute atomic E-state index is 11.7. The molecule has 34 heavy (non-hydrogen) atoms. The van der Waals surface area contributed by atoms with Crippen molar-refractivity contribution in [2.75, 3.05) is 24.2 Å². The van der Waals surface area contributed by atoms with Crippen molar-refractivity contribution in [2.24, 2.45) is 5.92 Å². The molecule has 8 nitrogen and oxygen atoms in total. The second-order valence-electron chi connectivity index (χ2n) is 9.57. The van der Waals surface area contributed by atoms with Gasteiger partial charge in [0.1, 0.15) is 11.4 Å². The van der Waals surface area contributed by atoms with Crippen molar-refractivity contribution >= 4 is 15.9 Å². The number of aromatic nitrogens is 3. The van der Waals surface area contributed by atoms with Gasteiger partial charge in [0.05, 0.1) is 16.8 Å². The Bertz CT molecular complexity index is 1280. The predicted octanol–water partition coefficient (Wildman–Crippen LogP) is 4.10. The van der Waals surface area contributed by atoms with Gasteiger partial charge in [-0.05, 0) is 44.4 Å². The Morgan fingerprint density at radius 2 is 1.91 bits per heavy atom. The van der Waals surface area contributed by atoms with Gasteiger partial charge < -0.3 is 14.2 Å². The van der Waals surface area contributed by atoms with Crippen LogP contribution >= 0.6 is 0 Å². The molecule has 180 valence electrons. The van der Waals surface area contributed by atoms with E-state index in [1.165, 1.54) is 6.26 Å². The van der Waals surface area contributed by atoms with Gasteiger partial charge in [-0.25, -0.2) is 8.42 Å². The van der Waals surface area contributed by atoms with Crippen molar-refractivity contribution in [3.63, 3.8) is 0 Å². The highest BCUT2D eigenvalue weighted by Crippen LogP contribution is 2.43. The third-order valence-electron chi connectivity index (χ3n) is 6.97. The summed E-state index contributed by atoms with van der Waals surface area (Å²) < 4.78 is 35.4. The average molecular weight is 483 g/mol. The van der Waals surface area contributed by atoms with E-state index in [1.54, 1.807) is 30.5 Å². The third kappa shape index (κ3) is 4.41. The van der Waals surface area contributed by atoms with E-state index < -0.39 is 9.84 Å². The van der Waals surface area contributed by atoms with Gasteiger partial charge in [0.25, 0.3) is 0 Å². The zero-order valence-corrected chi connectivity index (χ0v) is 20.6. The predicted molar refractivity (Wildman–Crippen MR) is 129 cm³/mol. The normalized spacial score (nSPS) is 20.9. The number of hydrogen-bond acceptors (Lipinski definition) is 8. The second-order valence-corrected chi connectivity index (χ2v) is 11.6. The monoisotopic (exact) mass is 482 g/mol. The molecule has 0 saturated carbocycles. The molecule has 0 bridgehead atoms. The van der Waals surface area contributed by atoms with Gasteiger partial charge in [-0.1, -0.05) is 24.2 Å². The molecule has 3 aromatic rings. The molecule has 2 aliphatic rings. The summed E-state index contributed by atoms with van der Waals surface area (Å²) in [5, 5.41) is 4.08. The number of aryl methyl sites for hydroxylation is 1. The van der Waals surface area contributed by atoms with E-state index in [9.17, 15) is 8.42 Å². The van der Waals surface area contributed by atoms with Crippen LogP contribution in [-0.2, 0) is 22.7 Å². The van der Waals surface area contributed by atoms with E-state index in [4.69, 9.17) is 9.26 Å². The van der Waals surface area contributed by atoms with Crippen LogP contribution in [0.4, 0.5) is 6.01 Å². The van der Waals surface area contributed by atoms with Crippen LogP contribution in [0, 0.1) is 5.92 Å². The quantitative estimate of drug-likeness (QED) is 0.518. The number of pyridine rings is 1. The standard InChI is InChI=1S/C25H30N4O4S/c1-4-5-23-27-24(33-28-23)29-12-10-19(11-13-29)25(2)15-18-14-21(26-16-22(18)32-25)17-6-8-20(9-7-17)34(3,30)31/h6-9,14,16,19H,4-5,10-13,15H2,1-3H3/t25-/m0/s1. The number of anilines is 1. The van der Waals surface area contributed by atoms with Crippen molar-refractivity contribution in [3.8, 4) is 17.0 Å². The number of benzene rings is 1. The molecule has 2 aliphatic heterocycles. The molecule has 4 heterocycles. The minimum Gasteiger partial charge on any atom is -0.485 e. The molecule has 0 radical (unpaired) electrons. The lowest BCUT2D eigenvalue weighted by Gasteiger charge is -2.39. The van der Waals surface area contributed by atoms with Gasteiger partial charge >= 0.3 is 6.01 Å². The maximum Gasteiger partial charge on any atom is 0.324 e. The molecule has 0 unspecified atom stereocenters. The molecule has 2 aromatic heterocycles. The summed E-state index contributed by atoms with van der Waals surface area (Å²) >= 11 is 0. The van der Waals surface area contributed by atoms with Crippen LogP contribution in [0.3, 0.4) is 0 Å². The molecular formula is C25H30N4O4S. The number of ether oxygens (including phenoxy) is 1. The molecule has 0 aliphatic carbocycles. The van der Waals surface area contributed by atoms with Gasteiger partial charge in [0.2, 0.25) is 0 Å². The Morgan fingerprint density at radius 3 is 2.59 bits per heavy atom. The zero-order chi connectivity index (χ0) is 23.9. The van der Waals surface area contributed by atoms with Crippen molar-refractivity contribution in [3.05, 3.63) is 47.9 Å². The minimum absolute atomic E-state index is 0.281. The largest absolute Gasteiger partial charge is 0.485 e. The fourth-order valence-corrected chi connectivity index (χ4v) is 5.65. The van der Waals surface area contributed by atoms with E-state index in [0.717, 1.165) is 73.6 Å². The van der Waals surface area contributed by atoms with Crippen LogP contribution < -0.4 is 9.64 Å². The third-order valence-corrected chi connectivity index (χ3v) is 8.10. The first-order valence-electron chi connectivity index (χ1n) is 11.8. The lowest BCUT2D eigenvalue weighted by Crippen LogP contribution is -2.46. The number of nitrogens with zero attached hydrogens (tertiary/aromatic N) is 4. The molecule has 0 N–H and O–H groups in total. The fraction of sp³-hybridized carbons (Fsp3) is 0.480. The number of fused-ring (bicyclic) bond motifs is 1. The van der Waals surface area contributed by atoms with Gasteiger partial charge in [-0.3, -0.25) is 4.98 Å². The van der Waals surface area contributed by atoms with E-state index in [2.05, 4.69) is 39.9 Å². The van der Waals surface area contributed by atoms with Crippen LogP contribution in [0.15, 0.2) is 45.9 Å². The Kier molecular flexibility index (Phi) is 5.83. The molecule has 5 rings (SSSR count). The smallest absolute Gasteiger partial charge is 0.324 e. The first-order valence-corrected chi connectivity index (χ1v) is 13.7. The highest BCUT2D eigenvalue weighted by Gasteiger charge is 2.43. The van der Waals surface area contributed by atoms with Crippen LogP contribution in [0.2, 0.25) is 0 Å². The van der Waals surface area contributed by atoms with Crippen molar-refractivity contribution in [2.45, 2.75) is 56.4 Å². The van der Waals surface area contributed by atoms with E-state index in [0.29, 0.717) is 16.8 Å². The van der Waals surface area contributed by atoms with Crippen LogP contribution in [0.1, 0.15) is 44.5 Å². The van der Waals surface area contributed by atoms with Gasteiger partial charge in [-0.2, -0.15) is 4.98 Å². The molecule has 1 fully saturated rings. The Labute approximate surface area is 200 Å². The Morgan fingerprint density at radius 1 is 1.18 bits per heavy atom. The summed E-state index contributed by atoms with van der Waals surface area (Å²) in [6.07, 6.45) is 7.65. The van der Waals surface area contributed by atoms with E-state index in [1.807, 2.05) is 0 Å². The zero-order valence-electron chi connectivity index (χ0n) is 19.8. The van der Waals surface area contributed by atoms with E-state index in [-0.39, 0.29) is 5.60 Å².